The van der Waals surface area contributed by atoms with Crippen molar-refractivity contribution in [2.24, 2.45) is 0 Å². The molecule has 4 aromatic rings. The van der Waals surface area contributed by atoms with Gasteiger partial charge in [0.2, 0.25) is 0 Å². The van der Waals surface area contributed by atoms with Crippen molar-refractivity contribution in [3.63, 3.8) is 0 Å². The average Bonchev–Trinajstić information content (AvgIpc) is 3.12. The van der Waals surface area contributed by atoms with Gasteiger partial charge < -0.3 is 14.6 Å². The lowest BCUT2D eigenvalue weighted by Crippen LogP contribution is -2.14. The predicted octanol–water partition coefficient (Wildman–Crippen LogP) is 5.03. The Labute approximate surface area is 167 Å². The van der Waals surface area contributed by atoms with Gasteiger partial charge in [-0.05, 0) is 43.3 Å². The SMILES string of the molecule is CCn1c(COc2ccccc2C(=O)Nc2ccccc2)nc2c(F)cccc21. The van der Waals surface area contributed by atoms with Crippen LogP contribution in [0.25, 0.3) is 11.0 Å². The Morgan fingerprint density at radius 3 is 2.59 bits per heavy atom. The molecule has 1 N–H and O–H groups in total. The van der Waals surface area contributed by atoms with Gasteiger partial charge in [0.1, 0.15) is 23.7 Å². The van der Waals surface area contributed by atoms with Gasteiger partial charge >= 0.3 is 0 Å². The highest BCUT2D eigenvalue weighted by Gasteiger charge is 2.16. The minimum Gasteiger partial charge on any atom is -0.485 e. The van der Waals surface area contributed by atoms with E-state index in [1.165, 1.54) is 6.07 Å². The first-order chi connectivity index (χ1) is 14.2. The largest absolute Gasteiger partial charge is 0.485 e. The van der Waals surface area contributed by atoms with Gasteiger partial charge in [-0.15, -0.1) is 0 Å². The average molecular weight is 389 g/mol. The Morgan fingerprint density at radius 1 is 1.03 bits per heavy atom. The zero-order valence-corrected chi connectivity index (χ0v) is 15.9. The molecule has 0 saturated heterocycles. The maximum absolute atomic E-state index is 14.1. The highest BCUT2D eigenvalue weighted by atomic mass is 19.1. The fourth-order valence-corrected chi connectivity index (χ4v) is 3.27. The van der Waals surface area contributed by atoms with Crippen LogP contribution in [-0.2, 0) is 13.2 Å². The number of carbonyl (C=O) groups excluding carboxylic acids is 1. The van der Waals surface area contributed by atoms with E-state index < -0.39 is 0 Å². The molecule has 0 unspecified atom stereocenters. The van der Waals surface area contributed by atoms with Crippen LogP contribution in [-0.4, -0.2) is 15.5 Å². The molecule has 0 fully saturated rings. The van der Waals surface area contributed by atoms with E-state index in [1.807, 2.05) is 47.9 Å². The van der Waals surface area contributed by atoms with E-state index in [-0.39, 0.29) is 18.3 Å². The van der Waals surface area contributed by atoms with Gasteiger partial charge in [0.15, 0.2) is 5.82 Å². The van der Waals surface area contributed by atoms with E-state index >= 15 is 0 Å². The van der Waals surface area contributed by atoms with Crippen molar-refractivity contribution in [1.82, 2.24) is 9.55 Å². The van der Waals surface area contributed by atoms with E-state index in [4.69, 9.17) is 4.74 Å². The molecule has 5 nitrogen and oxygen atoms in total. The standard InChI is InChI=1S/C23H20FN3O2/c1-2-27-19-13-8-12-18(24)22(19)26-21(27)15-29-20-14-7-6-11-17(20)23(28)25-16-9-4-3-5-10-16/h3-14H,2,15H2,1H3,(H,25,28). The second-order valence-corrected chi connectivity index (χ2v) is 6.48. The van der Waals surface area contributed by atoms with Crippen LogP contribution >= 0.6 is 0 Å². The van der Waals surface area contributed by atoms with Crippen LogP contribution in [0.3, 0.4) is 0 Å². The molecule has 0 spiro atoms. The number of benzene rings is 3. The molecule has 1 heterocycles. The molecule has 1 aromatic heterocycles. The zero-order chi connectivity index (χ0) is 20.2. The summed E-state index contributed by atoms with van der Waals surface area (Å²) in [7, 11) is 0. The summed E-state index contributed by atoms with van der Waals surface area (Å²) in [5.41, 5.74) is 2.17. The molecule has 0 saturated carbocycles. The molecule has 0 aliphatic carbocycles. The van der Waals surface area contributed by atoms with Crippen molar-refractivity contribution in [3.8, 4) is 5.75 Å². The molecule has 3 aromatic carbocycles. The summed E-state index contributed by atoms with van der Waals surface area (Å²) in [5, 5.41) is 2.86. The number of aryl methyl sites for hydroxylation is 1. The third-order valence-electron chi connectivity index (χ3n) is 4.65. The second kappa shape index (κ2) is 8.14. The Balaban J connectivity index is 1.58. The second-order valence-electron chi connectivity index (χ2n) is 6.48. The van der Waals surface area contributed by atoms with Gasteiger partial charge in [0, 0.05) is 12.2 Å². The topological polar surface area (TPSA) is 56.1 Å². The molecule has 0 aliphatic heterocycles. The number of aromatic nitrogens is 2. The number of para-hydroxylation sites is 3. The Morgan fingerprint density at radius 2 is 1.79 bits per heavy atom. The first-order valence-corrected chi connectivity index (χ1v) is 9.39. The minimum absolute atomic E-state index is 0.123. The summed E-state index contributed by atoms with van der Waals surface area (Å²) in [4.78, 5) is 17.1. The number of hydrogen-bond donors (Lipinski definition) is 1. The molecule has 0 atom stereocenters. The van der Waals surface area contributed by atoms with Crippen molar-refractivity contribution in [1.29, 1.82) is 0 Å². The molecular formula is C23H20FN3O2. The highest BCUT2D eigenvalue weighted by Crippen LogP contribution is 2.23. The lowest BCUT2D eigenvalue weighted by atomic mass is 10.2. The highest BCUT2D eigenvalue weighted by molar-refractivity contribution is 6.06. The van der Waals surface area contributed by atoms with Gasteiger partial charge in [0.25, 0.3) is 5.91 Å². The quantitative estimate of drug-likeness (QED) is 0.503. The number of imidazole rings is 1. The fourth-order valence-electron chi connectivity index (χ4n) is 3.27. The zero-order valence-electron chi connectivity index (χ0n) is 15.9. The van der Waals surface area contributed by atoms with Gasteiger partial charge in [-0.3, -0.25) is 4.79 Å². The van der Waals surface area contributed by atoms with E-state index in [2.05, 4.69) is 10.3 Å². The van der Waals surface area contributed by atoms with E-state index in [0.29, 0.717) is 34.9 Å². The van der Waals surface area contributed by atoms with Crippen molar-refractivity contribution >= 4 is 22.6 Å². The maximum Gasteiger partial charge on any atom is 0.259 e. The monoisotopic (exact) mass is 389 g/mol. The number of ether oxygens (including phenoxy) is 1. The van der Waals surface area contributed by atoms with E-state index in [1.54, 1.807) is 30.3 Å². The summed E-state index contributed by atoms with van der Waals surface area (Å²) in [6.07, 6.45) is 0. The first kappa shape index (κ1) is 18.7. The van der Waals surface area contributed by atoms with Crippen molar-refractivity contribution < 1.29 is 13.9 Å². The molecule has 0 radical (unpaired) electrons. The fraction of sp³-hybridized carbons (Fsp3) is 0.130. The van der Waals surface area contributed by atoms with Crippen LogP contribution in [0.2, 0.25) is 0 Å². The van der Waals surface area contributed by atoms with Crippen LogP contribution < -0.4 is 10.1 Å². The summed E-state index contributed by atoms with van der Waals surface area (Å²) in [5.74, 6) is 0.419. The van der Waals surface area contributed by atoms with Gasteiger partial charge in [-0.25, -0.2) is 9.37 Å². The molecule has 29 heavy (non-hydrogen) atoms. The summed E-state index contributed by atoms with van der Waals surface area (Å²) >= 11 is 0. The molecule has 4 rings (SSSR count). The van der Waals surface area contributed by atoms with Crippen LogP contribution in [0, 0.1) is 5.82 Å². The van der Waals surface area contributed by atoms with Crippen molar-refractivity contribution in [3.05, 3.63) is 90.0 Å². The number of anilines is 1. The molecular weight excluding hydrogens is 369 g/mol. The third-order valence-corrected chi connectivity index (χ3v) is 4.65. The van der Waals surface area contributed by atoms with Crippen LogP contribution in [0.5, 0.6) is 5.75 Å². The first-order valence-electron chi connectivity index (χ1n) is 9.39. The number of amides is 1. The van der Waals surface area contributed by atoms with Crippen LogP contribution in [0.15, 0.2) is 72.8 Å². The predicted molar refractivity (Wildman–Crippen MR) is 111 cm³/mol. The Bertz CT molecular complexity index is 1160. The third kappa shape index (κ3) is 3.82. The molecule has 0 bridgehead atoms. The number of hydrogen-bond acceptors (Lipinski definition) is 3. The summed E-state index contributed by atoms with van der Waals surface area (Å²) < 4.78 is 21.9. The number of nitrogens with one attached hydrogen (secondary N) is 1. The molecule has 146 valence electrons. The Kier molecular flexibility index (Phi) is 5.24. The smallest absolute Gasteiger partial charge is 0.259 e. The lowest BCUT2D eigenvalue weighted by molar-refractivity contribution is 0.102. The van der Waals surface area contributed by atoms with Gasteiger partial charge in [-0.2, -0.15) is 0 Å². The maximum atomic E-state index is 14.1. The summed E-state index contributed by atoms with van der Waals surface area (Å²) in [6, 6.07) is 21.1. The van der Waals surface area contributed by atoms with Crippen molar-refractivity contribution in [2.45, 2.75) is 20.1 Å². The number of rotatable bonds is 6. The van der Waals surface area contributed by atoms with Crippen LogP contribution in [0.4, 0.5) is 10.1 Å². The van der Waals surface area contributed by atoms with E-state index in [0.717, 1.165) is 5.52 Å². The van der Waals surface area contributed by atoms with E-state index in [9.17, 15) is 9.18 Å². The normalized spacial score (nSPS) is 10.8. The number of halogens is 1. The number of fused-ring (bicyclic) bond motifs is 1. The van der Waals surface area contributed by atoms with Crippen LogP contribution in [0.1, 0.15) is 23.1 Å². The van der Waals surface area contributed by atoms with Crippen molar-refractivity contribution in [2.75, 3.05) is 5.32 Å². The number of nitrogens with zero attached hydrogens (tertiary/aromatic N) is 2. The number of carbonyl (C=O) groups is 1. The molecule has 1 amide bonds. The molecule has 0 aliphatic rings. The minimum atomic E-state index is -0.362. The van der Waals surface area contributed by atoms with Gasteiger partial charge in [0.05, 0.1) is 11.1 Å². The molecule has 6 heteroatoms. The van der Waals surface area contributed by atoms with Gasteiger partial charge in [-0.1, -0.05) is 36.4 Å². The lowest BCUT2D eigenvalue weighted by Gasteiger charge is -2.12. The Hall–Kier alpha value is -3.67. The summed E-state index contributed by atoms with van der Waals surface area (Å²) in [6.45, 7) is 2.73.